The summed E-state index contributed by atoms with van der Waals surface area (Å²) >= 11 is 5.08. The Kier molecular flexibility index (Phi) is 7.02. The summed E-state index contributed by atoms with van der Waals surface area (Å²) in [4.78, 5) is 23.2. The number of benzene rings is 1. The van der Waals surface area contributed by atoms with Crippen LogP contribution in [-0.2, 0) is 0 Å². The minimum atomic E-state index is -0.268. The molecule has 142 valence electrons. The van der Waals surface area contributed by atoms with E-state index in [4.69, 9.17) is 17.4 Å². The first-order chi connectivity index (χ1) is 12.9. The molecule has 5 N–H and O–H groups in total. The fourth-order valence-corrected chi connectivity index (χ4v) is 2.34. The maximum absolute atomic E-state index is 11.2. The molecule has 1 unspecified atom stereocenters. The van der Waals surface area contributed by atoms with Gasteiger partial charge in [0.15, 0.2) is 0 Å². The van der Waals surface area contributed by atoms with E-state index in [1.807, 2.05) is 23.7 Å². The Hall–Kier alpha value is -3.25. The van der Waals surface area contributed by atoms with Crippen LogP contribution < -0.4 is 21.5 Å². The SMILES string of the molecule is CNC(=O)Nc1cccc(C2N=NNC2=S)c1.Cc1nc(C)nc(NO)n1. The Morgan fingerprint density at radius 2 is 1.93 bits per heavy atom. The minimum absolute atomic E-state index is 0.185. The number of urea groups is 1. The Morgan fingerprint density at radius 3 is 2.48 bits per heavy atom. The molecule has 0 bridgehead atoms. The normalized spacial score (nSPS) is 14.7. The van der Waals surface area contributed by atoms with Crippen molar-refractivity contribution in [2.24, 2.45) is 10.3 Å². The first-order valence-corrected chi connectivity index (χ1v) is 8.21. The van der Waals surface area contributed by atoms with Crippen LogP contribution in [0.15, 0.2) is 34.6 Å². The minimum Gasteiger partial charge on any atom is -0.341 e. The second kappa shape index (κ2) is 9.45. The topological polar surface area (TPSA) is 149 Å². The van der Waals surface area contributed by atoms with E-state index in [2.05, 4.69) is 41.3 Å². The highest BCUT2D eigenvalue weighted by molar-refractivity contribution is 7.80. The zero-order valence-corrected chi connectivity index (χ0v) is 15.7. The molecule has 2 heterocycles. The van der Waals surface area contributed by atoms with Crippen molar-refractivity contribution in [2.45, 2.75) is 19.9 Å². The number of nitrogens with one attached hydrogen (secondary N) is 4. The standard InChI is InChI=1S/C10H11N5OS.C5H8N4O/c1-11-10(16)12-7-4-2-3-6(5-7)8-9(17)14-15-13-8;1-3-6-4(2)8-5(7-3)9-10/h2-5,8H,1H3,(H2,11,12,16)(H,13,14,17);10H,1-2H3,(H,6,7,8,9). The quantitative estimate of drug-likeness (QED) is 0.396. The summed E-state index contributed by atoms with van der Waals surface area (Å²) in [5.74, 6) is 1.36. The molecule has 0 aliphatic carbocycles. The van der Waals surface area contributed by atoms with Gasteiger partial charge in [0, 0.05) is 12.7 Å². The monoisotopic (exact) mass is 389 g/mol. The number of carbonyl (C=O) groups is 1. The number of aromatic nitrogens is 3. The van der Waals surface area contributed by atoms with Crippen LogP contribution in [0.1, 0.15) is 23.3 Å². The molecule has 27 heavy (non-hydrogen) atoms. The Balaban J connectivity index is 0.000000223. The largest absolute Gasteiger partial charge is 0.341 e. The fourth-order valence-electron chi connectivity index (χ4n) is 2.11. The third kappa shape index (κ3) is 5.90. The third-order valence-electron chi connectivity index (χ3n) is 3.23. The summed E-state index contributed by atoms with van der Waals surface area (Å²) in [5.41, 5.74) is 6.05. The van der Waals surface area contributed by atoms with Gasteiger partial charge in [-0.2, -0.15) is 15.1 Å². The van der Waals surface area contributed by atoms with Crippen molar-refractivity contribution < 1.29 is 10.0 Å². The van der Waals surface area contributed by atoms with Gasteiger partial charge in [0.1, 0.15) is 22.7 Å². The molecule has 2 amide bonds. The van der Waals surface area contributed by atoms with E-state index >= 15 is 0 Å². The Labute approximate surface area is 160 Å². The van der Waals surface area contributed by atoms with Crippen molar-refractivity contribution in [3.8, 4) is 0 Å². The smallest absolute Gasteiger partial charge is 0.318 e. The average molecular weight is 389 g/mol. The maximum Gasteiger partial charge on any atom is 0.318 e. The van der Waals surface area contributed by atoms with E-state index in [-0.39, 0.29) is 18.0 Å². The van der Waals surface area contributed by atoms with Gasteiger partial charge in [-0.1, -0.05) is 29.6 Å². The zero-order chi connectivity index (χ0) is 19.8. The number of nitrogens with zero attached hydrogens (tertiary/aromatic N) is 5. The molecule has 0 radical (unpaired) electrons. The van der Waals surface area contributed by atoms with E-state index in [1.165, 1.54) is 0 Å². The molecule has 1 atom stereocenters. The van der Waals surface area contributed by atoms with Crippen LogP contribution in [-0.4, -0.2) is 38.2 Å². The molecule has 2 aromatic rings. The lowest BCUT2D eigenvalue weighted by Gasteiger charge is -2.09. The molecule has 1 aromatic carbocycles. The van der Waals surface area contributed by atoms with Gasteiger partial charge in [-0.25, -0.2) is 15.3 Å². The number of aryl methyl sites for hydroxylation is 2. The third-order valence-corrected chi connectivity index (χ3v) is 3.54. The van der Waals surface area contributed by atoms with Crippen molar-refractivity contribution in [2.75, 3.05) is 17.8 Å². The number of hydrogen-bond donors (Lipinski definition) is 5. The van der Waals surface area contributed by atoms with E-state index < -0.39 is 0 Å². The number of hydrogen-bond acceptors (Lipinski definition) is 9. The number of anilines is 2. The molecule has 0 fully saturated rings. The average Bonchev–Trinajstić information content (AvgIpc) is 3.07. The van der Waals surface area contributed by atoms with Gasteiger partial charge in [-0.3, -0.25) is 10.6 Å². The molecule has 0 spiro atoms. The molecule has 1 aliphatic rings. The highest BCUT2D eigenvalue weighted by Gasteiger charge is 2.20. The second-order valence-electron chi connectivity index (χ2n) is 5.29. The number of thiocarbonyl (C=S) groups is 1. The molecule has 0 saturated carbocycles. The molecule has 0 saturated heterocycles. The van der Waals surface area contributed by atoms with Gasteiger partial charge >= 0.3 is 6.03 Å². The number of rotatable bonds is 3. The highest BCUT2D eigenvalue weighted by Crippen LogP contribution is 2.24. The molecule has 1 aromatic heterocycles. The summed E-state index contributed by atoms with van der Waals surface area (Å²) in [6, 6.07) is 6.79. The summed E-state index contributed by atoms with van der Waals surface area (Å²) in [6.07, 6.45) is 0. The van der Waals surface area contributed by atoms with Crippen LogP contribution >= 0.6 is 12.2 Å². The van der Waals surface area contributed by atoms with E-state index in [1.54, 1.807) is 27.0 Å². The number of carbonyl (C=O) groups excluding carboxylic acids is 1. The van der Waals surface area contributed by atoms with Gasteiger partial charge in [0.2, 0.25) is 5.95 Å². The first kappa shape index (κ1) is 20.1. The fraction of sp³-hybridized carbons (Fsp3) is 0.267. The zero-order valence-electron chi connectivity index (χ0n) is 14.9. The van der Waals surface area contributed by atoms with Gasteiger partial charge in [-0.15, -0.1) is 0 Å². The van der Waals surface area contributed by atoms with Crippen LogP contribution in [0.2, 0.25) is 0 Å². The van der Waals surface area contributed by atoms with Crippen LogP contribution in [0.4, 0.5) is 16.4 Å². The van der Waals surface area contributed by atoms with Gasteiger partial charge in [0.05, 0.1) is 0 Å². The molecular weight excluding hydrogens is 370 g/mol. The van der Waals surface area contributed by atoms with Gasteiger partial charge in [-0.05, 0) is 31.5 Å². The summed E-state index contributed by atoms with van der Waals surface area (Å²) in [5, 5.41) is 21.2. The molecule has 3 rings (SSSR count). The Morgan fingerprint density at radius 1 is 1.22 bits per heavy atom. The molecule has 1 aliphatic heterocycles. The van der Waals surface area contributed by atoms with E-state index in [0.29, 0.717) is 22.3 Å². The Bertz CT molecular complexity index is 839. The molecule has 11 nitrogen and oxygen atoms in total. The lowest BCUT2D eigenvalue weighted by atomic mass is 10.1. The maximum atomic E-state index is 11.2. The van der Waals surface area contributed by atoms with Gasteiger partial charge < -0.3 is 10.6 Å². The van der Waals surface area contributed by atoms with E-state index in [9.17, 15) is 4.79 Å². The lowest BCUT2D eigenvalue weighted by Crippen LogP contribution is -2.24. The van der Waals surface area contributed by atoms with E-state index in [0.717, 1.165) is 5.56 Å². The lowest BCUT2D eigenvalue weighted by molar-refractivity contribution is 0.254. The first-order valence-electron chi connectivity index (χ1n) is 7.80. The summed E-state index contributed by atoms with van der Waals surface area (Å²) < 4.78 is 0. The van der Waals surface area contributed by atoms with Crippen molar-refractivity contribution >= 4 is 34.9 Å². The molecule has 12 heteroatoms. The van der Waals surface area contributed by atoms with Crippen molar-refractivity contribution in [1.82, 2.24) is 25.7 Å². The predicted octanol–water partition coefficient (Wildman–Crippen LogP) is 2.07. The van der Waals surface area contributed by atoms with Crippen molar-refractivity contribution in [3.63, 3.8) is 0 Å². The second-order valence-corrected chi connectivity index (χ2v) is 5.73. The van der Waals surface area contributed by atoms with Crippen LogP contribution in [0.3, 0.4) is 0 Å². The summed E-state index contributed by atoms with van der Waals surface area (Å²) in [6.45, 7) is 3.46. The number of amides is 2. The van der Waals surface area contributed by atoms with Crippen molar-refractivity contribution in [3.05, 3.63) is 41.5 Å². The van der Waals surface area contributed by atoms with Crippen LogP contribution in [0, 0.1) is 13.8 Å². The van der Waals surface area contributed by atoms with Crippen LogP contribution in [0.25, 0.3) is 0 Å². The highest BCUT2D eigenvalue weighted by atomic mass is 32.1. The predicted molar refractivity (Wildman–Crippen MR) is 103 cm³/mol. The molecular formula is C15H19N9O2S. The van der Waals surface area contributed by atoms with Crippen molar-refractivity contribution in [1.29, 1.82) is 0 Å². The summed E-state index contributed by atoms with van der Waals surface area (Å²) in [7, 11) is 1.56. The van der Waals surface area contributed by atoms with Gasteiger partial charge in [0.25, 0.3) is 0 Å². The van der Waals surface area contributed by atoms with Crippen LogP contribution in [0.5, 0.6) is 0 Å².